The summed E-state index contributed by atoms with van der Waals surface area (Å²) >= 11 is 6.08. The van der Waals surface area contributed by atoms with Crippen molar-refractivity contribution in [2.75, 3.05) is 5.32 Å². The lowest BCUT2D eigenvalue weighted by Crippen LogP contribution is -2.19. The summed E-state index contributed by atoms with van der Waals surface area (Å²) in [5.74, 6) is -0.946. The zero-order chi connectivity index (χ0) is 25.2. The van der Waals surface area contributed by atoms with E-state index in [0.29, 0.717) is 16.8 Å². The van der Waals surface area contributed by atoms with Crippen molar-refractivity contribution in [2.45, 2.75) is 0 Å². The van der Waals surface area contributed by atoms with Crippen LogP contribution in [0.25, 0.3) is 16.5 Å². The lowest BCUT2D eigenvalue weighted by atomic mass is 10.2. The number of hydrogen-bond donors (Lipinski definition) is 1. The molecule has 5 rings (SSSR count). The minimum Gasteiger partial charge on any atom is -0.453 e. The molecule has 176 valence electrons. The topological polar surface area (TPSA) is 92.8 Å². The fraction of sp³-hybridized carbons (Fsp3) is 0. The molecule has 0 spiro atoms. The lowest BCUT2D eigenvalue weighted by Gasteiger charge is -2.13. The van der Waals surface area contributed by atoms with E-state index in [4.69, 9.17) is 21.6 Å². The zero-order valence-corrected chi connectivity index (χ0v) is 19.0. The van der Waals surface area contributed by atoms with Crippen molar-refractivity contribution in [1.82, 2.24) is 14.5 Å². The monoisotopic (exact) mass is 501 g/mol. The van der Waals surface area contributed by atoms with Crippen LogP contribution in [0.3, 0.4) is 0 Å². The van der Waals surface area contributed by atoms with E-state index in [1.807, 2.05) is 6.07 Å². The maximum absolute atomic E-state index is 14.9. The van der Waals surface area contributed by atoms with E-state index in [2.05, 4.69) is 15.3 Å². The van der Waals surface area contributed by atoms with Crippen molar-refractivity contribution in [3.05, 3.63) is 112 Å². The van der Waals surface area contributed by atoms with Gasteiger partial charge < -0.3 is 10.1 Å². The van der Waals surface area contributed by atoms with Crippen LogP contribution < -0.4 is 15.6 Å². The van der Waals surface area contributed by atoms with E-state index in [1.165, 1.54) is 59.4 Å². The predicted molar refractivity (Wildman–Crippen MR) is 131 cm³/mol. The SMILES string of the molecule is N#Cc1nccc(Oc2ccc(Nc3nccc4ccn(-c5ccc(F)cc5)c(=O)c34)cc2F)c1Cl. The molecular weight excluding hydrogens is 488 g/mol. The number of halogens is 3. The van der Waals surface area contributed by atoms with Crippen molar-refractivity contribution < 1.29 is 13.5 Å². The second-order valence-corrected chi connectivity index (χ2v) is 7.92. The molecule has 0 saturated carbocycles. The van der Waals surface area contributed by atoms with E-state index in [0.717, 1.165) is 0 Å². The molecule has 10 heteroatoms. The average molecular weight is 502 g/mol. The molecule has 36 heavy (non-hydrogen) atoms. The van der Waals surface area contributed by atoms with Crippen LogP contribution in [0, 0.1) is 23.0 Å². The highest BCUT2D eigenvalue weighted by atomic mass is 35.5. The van der Waals surface area contributed by atoms with Crippen molar-refractivity contribution in [3.63, 3.8) is 0 Å². The van der Waals surface area contributed by atoms with E-state index < -0.39 is 11.6 Å². The Morgan fingerprint density at radius 2 is 1.75 bits per heavy atom. The Balaban J connectivity index is 1.48. The number of aromatic nitrogens is 3. The van der Waals surface area contributed by atoms with E-state index in [9.17, 15) is 13.6 Å². The molecule has 0 aliphatic rings. The van der Waals surface area contributed by atoms with E-state index in [1.54, 1.807) is 24.4 Å². The highest BCUT2D eigenvalue weighted by Gasteiger charge is 2.14. The minimum atomic E-state index is -0.713. The van der Waals surface area contributed by atoms with Gasteiger partial charge in [-0.15, -0.1) is 0 Å². The van der Waals surface area contributed by atoms with Gasteiger partial charge in [0.05, 0.1) is 5.39 Å². The van der Waals surface area contributed by atoms with Crippen LogP contribution in [0.15, 0.2) is 84.0 Å². The van der Waals surface area contributed by atoms with Gasteiger partial charge in [-0.05, 0) is 53.9 Å². The number of nitrogens with one attached hydrogen (secondary N) is 1. The molecule has 0 aliphatic heterocycles. The summed E-state index contributed by atoms with van der Waals surface area (Å²) in [6.45, 7) is 0. The zero-order valence-electron chi connectivity index (χ0n) is 18.2. The van der Waals surface area contributed by atoms with Gasteiger partial charge in [-0.25, -0.2) is 18.7 Å². The van der Waals surface area contributed by atoms with Gasteiger partial charge in [-0.3, -0.25) is 9.36 Å². The number of anilines is 2. The number of benzene rings is 2. The molecule has 0 saturated heterocycles. The third-order valence-electron chi connectivity index (χ3n) is 5.30. The summed E-state index contributed by atoms with van der Waals surface area (Å²) in [6.07, 6.45) is 4.45. The van der Waals surface area contributed by atoms with Crippen molar-refractivity contribution in [1.29, 1.82) is 5.26 Å². The summed E-state index contributed by atoms with van der Waals surface area (Å²) in [5, 5.41) is 12.9. The van der Waals surface area contributed by atoms with E-state index in [-0.39, 0.29) is 39.0 Å². The van der Waals surface area contributed by atoms with Gasteiger partial charge in [0.1, 0.15) is 22.7 Å². The first-order valence-corrected chi connectivity index (χ1v) is 10.9. The molecule has 0 amide bonds. The maximum atomic E-state index is 14.9. The Hall–Kier alpha value is -4.81. The summed E-state index contributed by atoms with van der Waals surface area (Å²) < 4.78 is 35.1. The number of hydrogen-bond acceptors (Lipinski definition) is 6. The van der Waals surface area contributed by atoms with E-state index >= 15 is 0 Å². The van der Waals surface area contributed by atoms with Crippen molar-refractivity contribution in [2.24, 2.45) is 0 Å². The third-order valence-corrected chi connectivity index (χ3v) is 5.66. The molecule has 1 N–H and O–H groups in total. The van der Waals surface area contributed by atoms with Crippen LogP contribution in [0.5, 0.6) is 11.5 Å². The first-order chi connectivity index (χ1) is 17.4. The smallest absolute Gasteiger partial charge is 0.266 e. The van der Waals surface area contributed by atoms with Crippen LogP contribution in [-0.4, -0.2) is 14.5 Å². The molecule has 3 aromatic heterocycles. The van der Waals surface area contributed by atoms with Crippen molar-refractivity contribution >= 4 is 33.9 Å². The molecule has 0 atom stereocenters. The number of nitrogens with zero attached hydrogens (tertiary/aromatic N) is 4. The van der Waals surface area contributed by atoms with Gasteiger partial charge in [0.15, 0.2) is 23.0 Å². The first-order valence-electron chi connectivity index (χ1n) is 10.5. The van der Waals surface area contributed by atoms with Gasteiger partial charge >= 0.3 is 0 Å². The molecule has 0 aliphatic carbocycles. The summed E-state index contributed by atoms with van der Waals surface area (Å²) in [6, 6.07) is 16.3. The van der Waals surface area contributed by atoms with Crippen LogP contribution in [0.4, 0.5) is 20.3 Å². The maximum Gasteiger partial charge on any atom is 0.266 e. The predicted octanol–water partition coefficient (Wildman–Crippen LogP) is 6.12. The summed E-state index contributed by atoms with van der Waals surface area (Å²) in [7, 11) is 0. The Bertz CT molecular complexity index is 1720. The van der Waals surface area contributed by atoms with Gasteiger partial charge in [-0.1, -0.05) is 11.6 Å². The minimum absolute atomic E-state index is 0.0287. The van der Waals surface area contributed by atoms with Crippen LogP contribution in [0.2, 0.25) is 5.02 Å². The first kappa shape index (κ1) is 23.0. The number of rotatable bonds is 5. The molecule has 0 fully saturated rings. The molecule has 2 aromatic carbocycles. The Labute approximate surface area is 207 Å². The molecule has 5 aromatic rings. The number of pyridine rings is 3. The van der Waals surface area contributed by atoms with Gasteiger partial charge in [0, 0.05) is 42.1 Å². The molecule has 3 heterocycles. The number of nitriles is 1. The Morgan fingerprint density at radius 3 is 2.50 bits per heavy atom. The fourth-order valence-electron chi connectivity index (χ4n) is 3.58. The molecular formula is C26H14ClF2N5O2. The molecule has 0 unspecified atom stereocenters. The van der Waals surface area contributed by atoms with Crippen LogP contribution in [0.1, 0.15) is 5.69 Å². The lowest BCUT2D eigenvalue weighted by molar-refractivity contribution is 0.442. The molecule has 7 nitrogen and oxygen atoms in total. The largest absolute Gasteiger partial charge is 0.453 e. The third kappa shape index (κ3) is 4.33. The Morgan fingerprint density at radius 1 is 0.972 bits per heavy atom. The summed E-state index contributed by atoms with van der Waals surface area (Å²) in [5.41, 5.74) is 0.381. The highest BCUT2D eigenvalue weighted by Crippen LogP contribution is 2.33. The van der Waals surface area contributed by atoms with Crippen LogP contribution in [-0.2, 0) is 0 Å². The number of fused-ring (bicyclic) bond motifs is 1. The second-order valence-electron chi connectivity index (χ2n) is 7.55. The van der Waals surface area contributed by atoms with Crippen LogP contribution >= 0.6 is 11.6 Å². The second kappa shape index (κ2) is 9.44. The standard InChI is InChI=1S/C26H14ClF2N5O2/c27-24-20(14-30)31-11-8-22(24)36-21-6-3-17(13-19(21)29)33-25-23-15(7-10-32-25)9-12-34(26(23)35)18-4-1-16(28)2-5-18/h1-13H,(H,32,33). The van der Waals surface area contributed by atoms with Gasteiger partial charge in [0.2, 0.25) is 0 Å². The average Bonchev–Trinajstić information content (AvgIpc) is 2.88. The quantitative estimate of drug-likeness (QED) is 0.312. The Kier molecular flexibility index (Phi) is 6.02. The molecule has 0 bridgehead atoms. The summed E-state index contributed by atoms with van der Waals surface area (Å²) in [4.78, 5) is 21.4. The van der Waals surface area contributed by atoms with Gasteiger partial charge in [0.25, 0.3) is 5.56 Å². The van der Waals surface area contributed by atoms with Crippen molar-refractivity contribution in [3.8, 4) is 23.3 Å². The fourth-order valence-corrected chi connectivity index (χ4v) is 3.78. The normalized spacial score (nSPS) is 10.7. The highest BCUT2D eigenvalue weighted by molar-refractivity contribution is 6.33. The molecule has 0 radical (unpaired) electrons. The number of ether oxygens (including phenoxy) is 1. The van der Waals surface area contributed by atoms with Gasteiger partial charge in [-0.2, -0.15) is 5.26 Å².